The first kappa shape index (κ1) is 23.0. The highest BCUT2D eigenvalue weighted by atomic mass is 127. The fraction of sp³-hybridized carbons (Fsp3) is 0.364. The van der Waals surface area contributed by atoms with E-state index >= 15 is 0 Å². The number of para-hydroxylation sites is 1. The number of aliphatic imine (C=N–C) groups is 1. The molecule has 2 aromatic rings. The molecular weight excluding hydrogens is 479 g/mol. The van der Waals surface area contributed by atoms with Crippen LogP contribution in [0.3, 0.4) is 0 Å². The molecular formula is C22H29IN4O2. The van der Waals surface area contributed by atoms with Gasteiger partial charge in [0.15, 0.2) is 5.96 Å². The van der Waals surface area contributed by atoms with Gasteiger partial charge in [-0.2, -0.15) is 0 Å². The summed E-state index contributed by atoms with van der Waals surface area (Å²) < 4.78 is 5.21. The summed E-state index contributed by atoms with van der Waals surface area (Å²) in [6.07, 6.45) is 0.906. The first-order chi connectivity index (χ1) is 13.6. The number of ether oxygens (including phenoxy) is 1. The summed E-state index contributed by atoms with van der Waals surface area (Å²) in [5.74, 6) is 1.58. The standard InChI is InChI=1S/C22H28N4O2.HI/c1-4-23-22(25(2)16-17-9-11-19(28-3)12-10-17)24-15-21(27)26-14-13-18-7-5-6-8-20(18)26;/h5-12H,4,13-16H2,1-3H3,(H,23,24);1H. The lowest BCUT2D eigenvalue weighted by molar-refractivity contribution is -0.117. The van der Waals surface area contributed by atoms with Crippen molar-refractivity contribution in [3.63, 3.8) is 0 Å². The van der Waals surface area contributed by atoms with Crippen molar-refractivity contribution in [3.8, 4) is 5.75 Å². The maximum absolute atomic E-state index is 12.7. The fourth-order valence-electron chi connectivity index (χ4n) is 3.37. The van der Waals surface area contributed by atoms with E-state index in [4.69, 9.17) is 4.74 Å². The molecule has 0 radical (unpaired) electrons. The monoisotopic (exact) mass is 508 g/mol. The number of halogens is 1. The van der Waals surface area contributed by atoms with E-state index in [9.17, 15) is 4.79 Å². The summed E-state index contributed by atoms with van der Waals surface area (Å²) in [6, 6.07) is 16.0. The first-order valence-corrected chi connectivity index (χ1v) is 9.63. The number of carbonyl (C=O) groups is 1. The summed E-state index contributed by atoms with van der Waals surface area (Å²) in [6.45, 7) is 4.31. The zero-order valence-corrected chi connectivity index (χ0v) is 19.6. The minimum atomic E-state index is 0. The third-order valence-corrected chi connectivity index (χ3v) is 4.83. The number of fused-ring (bicyclic) bond motifs is 1. The molecule has 0 bridgehead atoms. The van der Waals surface area contributed by atoms with E-state index in [-0.39, 0.29) is 36.4 Å². The highest BCUT2D eigenvalue weighted by molar-refractivity contribution is 14.0. The second kappa shape index (κ2) is 11.0. The van der Waals surface area contributed by atoms with Crippen LogP contribution < -0.4 is 15.0 Å². The molecule has 7 heteroatoms. The predicted molar refractivity (Wildman–Crippen MR) is 128 cm³/mol. The van der Waals surface area contributed by atoms with E-state index in [1.165, 1.54) is 5.56 Å². The lowest BCUT2D eigenvalue weighted by Gasteiger charge is -2.23. The maximum atomic E-state index is 12.7. The average Bonchev–Trinajstić information content (AvgIpc) is 3.15. The van der Waals surface area contributed by atoms with Crippen molar-refractivity contribution < 1.29 is 9.53 Å². The van der Waals surface area contributed by atoms with Gasteiger partial charge in [-0.25, -0.2) is 4.99 Å². The Labute approximate surface area is 190 Å². The van der Waals surface area contributed by atoms with E-state index in [1.807, 2.05) is 66.2 Å². The number of rotatable bonds is 6. The summed E-state index contributed by atoms with van der Waals surface area (Å²) in [5.41, 5.74) is 3.39. The molecule has 0 aromatic heterocycles. The quantitative estimate of drug-likeness (QED) is 0.370. The van der Waals surface area contributed by atoms with Crippen molar-refractivity contribution in [3.05, 3.63) is 59.7 Å². The van der Waals surface area contributed by atoms with Gasteiger partial charge in [0, 0.05) is 32.4 Å². The van der Waals surface area contributed by atoms with Gasteiger partial charge in [0.25, 0.3) is 0 Å². The SMILES string of the molecule is CCNC(=NCC(=O)N1CCc2ccccc21)N(C)Cc1ccc(OC)cc1.I. The molecule has 0 saturated heterocycles. The Balaban J connectivity index is 0.00000300. The second-order valence-electron chi connectivity index (χ2n) is 6.80. The van der Waals surface area contributed by atoms with Crippen molar-refractivity contribution in [2.45, 2.75) is 19.9 Å². The zero-order valence-electron chi connectivity index (χ0n) is 17.2. The van der Waals surface area contributed by atoms with Gasteiger partial charge in [0.05, 0.1) is 7.11 Å². The van der Waals surface area contributed by atoms with E-state index in [2.05, 4.69) is 16.4 Å². The van der Waals surface area contributed by atoms with Crippen molar-refractivity contribution in [1.82, 2.24) is 10.2 Å². The molecule has 0 aliphatic carbocycles. The average molecular weight is 508 g/mol. The Hall–Kier alpha value is -2.29. The highest BCUT2D eigenvalue weighted by Gasteiger charge is 2.23. The summed E-state index contributed by atoms with van der Waals surface area (Å²) in [4.78, 5) is 21.2. The molecule has 0 spiro atoms. The van der Waals surface area contributed by atoms with Crippen LogP contribution in [-0.4, -0.2) is 50.6 Å². The molecule has 29 heavy (non-hydrogen) atoms. The van der Waals surface area contributed by atoms with E-state index in [1.54, 1.807) is 7.11 Å². The van der Waals surface area contributed by atoms with Crippen LogP contribution >= 0.6 is 24.0 Å². The molecule has 0 fully saturated rings. The smallest absolute Gasteiger partial charge is 0.248 e. The van der Waals surface area contributed by atoms with E-state index < -0.39 is 0 Å². The number of hydrogen-bond donors (Lipinski definition) is 1. The van der Waals surface area contributed by atoms with E-state index in [0.717, 1.165) is 42.5 Å². The molecule has 3 rings (SSSR count). The normalized spacial score (nSPS) is 12.8. The van der Waals surface area contributed by atoms with Crippen LogP contribution in [0, 0.1) is 0 Å². The summed E-state index contributed by atoms with van der Waals surface area (Å²) >= 11 is 0. The number of anilines is 1. The van der Waals surface area contributed by atoms with Crippen molar-refractivity contribution >= 4 is 41.5 Å². The van der Waals surface area contributed by atoms with Gasteiger partial charge in [0.1, 0.15) is 12.3 Å². The van der Waals surface area contributed by atoms with Gasteiger partial charge in [-0.3, -0.25) is 4.79 Å². The number of hydrogen-bond acceptors (Lipinski definition) is 3. The fourth-order valence-corrected chi connectivity index (χ4v) is 3.37. The van der Waals surface area contributed by atoms with Crippen LogP contribution in [0.5, 0.6) is 5.75 Å². The van der Waals surface area contributed by atoms with Crippen LogP contribution in [0.15, 0.2) is 53.5 Å². The van der Waals surface area contributed by atoms with Gasteiger partial charge in [-0.1, -0.05) is 30.3 Å². The van der Waals surface area contributed by atoms with Crippen LogP contribution in [0.1, 0.15) is 18.1 Å². The van der Waals surface area contributed by atoms with Gasteiger partial charge in [-0.05, 0) is 42.7 Å². The second-order valence-corrected chi connectivity index (χ2v) is 6.80. The largest absolute Gasteiger partial charge is 0.497 e. The third kappa shape index (κ3) is 5.85. The Kier molecular flexibility index (Phi) is 8.75. The number of amides is 1. The van der Waals surface area contributed by atoms with Gasteiger partial charge in [0.2, 0.25) is 5.91 Å². The molecule has 6 nitrogen and oxygen atoms in total. The number of nitrogens with one attached hydrogen (secondary N) is 1. The molecule has 1 heterocycles. The van der Waals surface area contributed by atoms with Gasteiger partial charge < -0.3 is 19.9 Å². The number of nitrogens with zero attached hydrogens (tertiary/aromatic N) is 3. The number of methoxy groups -OCH3 is 1. The number of benzene rings is 2. The van der Waals surface area contributed by atoms with Crippen LogP contribution in [-0.2, 0) is 17.8 Å². The minimum absolute atomic E-state index is 0. The summed E-state index contributed by atoms with van der Waals surface area (Å²) in [7, 11) is 3.63. The molecule has 1 N–H and O–H groups in total. The molecule has 0 saturated carbocycles. The van der Waals surface area contributed by atoms with Crippen molar-refractivity contribution in [2.75, 3.05) is 38.7 Å². The van der Waals surface area contributed by atoms with Crippen molar-refractivity contribution in [2.24, 2.45) is 4.99 Å². The predicted octanol–water partition coefficient (Wildman–Crippen LogP) is 3.30. The molecule has 1 aliphatic rings. The molecule has 1 aliphatic heterocycles. The molecule has 2 aromatic carbocycles. The van der Waals surface area contributed by atoms with Crippen LogP contribution in [0.2, 0.25) is 0 Å². The first-order valence-electron chi connectivity index (χ1n) is 9.63. The zero-order chi connectivity index (χ0) is 19.9. The highest BCUT2D eigenvalue weighted by Crippen LogP contribution is 2.27. The Morgan fingerprint density at radius 1 is 1.21 bits per heavy atom. The van der Waals surface area contributed by atoms with Crippen LogP contribution in [0.4, 0.5) is 5.69 Å². The topological polar surface area (TPSA) is 57.2 Å². The molecule has 156 valence electrons. The lowest BCUT2D eigenvalue weighted by atomic mass is 10.2. The minimum Gasteiger partial charge on any atom is -0.497 e. The Morgan fingerprint density at radius 3 is 2.62 bits per heavy atom. The van der Waals surface area contributed by atoms with Gasteiger partial charge in [-0.15, -0.1) is 24.0 Å². The van der Waals surface area contributed by atoms with Gasteiger partial charge >= 0.3 is 0 Å². The lowest BCUT2D eigenvalue weighted by Crippen LogP contribution is -2.40. The van der Waals surface area contributed by atoms with Crippen molar-refractivity contribution in [1.29, 1.82) is 0 Å². The van der Waals surface area contributed by atoms with E-state index in [0.29, 0.717) is 6.54 Å². The Morgan fingerprint density at radius 2 is 1.93 bits per heavy atom. The summed E-state index contributed by atoms with van der Waals surface area (Å²) in [5, 5.41) is 3.27. The maximum Gasteiger partial charge on any atom is 0.248 e. The number of carbonyl (C=O) groups excluding carboxylic acids is 1. The number of guanidine groups is 1. The molecule has 0 unspecified atom stereocenters. The van der Waals surface area contributed by atoms with Crippen LogP contribution in [0.25, 0.3) is 0 Å². The molecule has 1 amide bonds. The Bertz CT molecular complexity index is 839. The third-order valence-electron chi connectivity index (χ3n) is 4.83. The molecule has 0 atom stereocenters.